The molecule has 0 saturated heterocycles. The number of hydrazine groups is 1. The molecule has 0 atom stereocenters. The van der Waals surface area contributed by atoms with Gasteiger partial charge in [0.25, 0.3) is 0 Å². The van der Waals surface area contributed by atoms with Crippen molar-refractivity contribution in [2.75, 3.05) is 26.9 Å². The van der Waals surface area contributed by atoms with Crippen molar-refractivity contribution in [2.24, 2.45) is 0 Å². The van der Waals surface area contributed by atoms with Crippen molar-refractivity contribution in [3.8, 4) is 0 Å². The predicted molar refractivity (Wildman–Crippen MR) is 34.6 cm³/mol. The monoisotopic (exact) mass is 134 g/mol. The molecular formula is C5H14N2O2. The van der Waals surface area contributed by atoms with E-state index in [4.69, 9.17) is 9.57 Å². The number of methoxy groups -OCH3 is 1. The summed E-state index contributed by atoms with van der Waals surface area (Å²) in [5.41, 5.74) is 5.32. The van der Waals surface area contributed by atoms with Gasteiger partial charge in [0.05, 0.1) is 13.2 Å². The Morgan fingerprint density at radius 2 is 2.11 bits per heavy atom. The quantitative estimate of drug-likeness (QED) is 0.386. The number of hydrogen-bond donors (Lipinski definition) is 2. The fraction of sp³-hybridized carbons (Fsp3) is 1.00. The highest BCUT2D eigenvalue weighted by Gasteiger charge is 1.81. The summed E-state index contributed by atoms with van der Waals surface area (Å²) in [5, 5.41) is 0. The minimum absolute atomic E-state index is 0.559. The van der Waals surface area contributed by atoms with E-state index in [-0.39, 0.29) is 0 Å². The van der Waals surface area contributed by atoms with E-state index < -0.39 is 0 Å². The average molecular weight is 134 g/mol. The normalized spacial score (nSPS) is 10.0. The van der Waals surface area contributed by atoms with E-state index in [2.05, 4.69) is 11.0 Å². The van der Waals surface area contributed by atoms with Gasteiger partial charge in [-0.2, -0.15) is 0 Å². The molecule has 0 saturated carbocycles. The van der Waals surface area contributed by atoms with Crippen LogP contribution >= 0.6 is 0 Å². The van der Waals surface area contributed by atoms with Gasteiger partial charge in [0.2, 0.25) is 0 Å². The minimum Gasteiger partial charge on any atom is -0.382 e. The van der Waals surface area contributed by atoms with E-state index in [1.165, 1.54) is 0 Å². The Kier molecular flexibility index (Phi) is 7.70. The Bertz CT molecular complexity index is 46.2. The molecule has 0 spiro atoms. The van der Waals surface area contributed by atoms with Crippen LogP contribution in [0.1, 0.15) is 6.92 Å². The maximum Gasteiger partial charge on any atom is 0.0932 e. The van der Waals surface area contributed by atoms with Crippen molar-refractivity contribution in [3.05, 3.63) is 0 Å². The highest BCUT2D eigenvalue weighted by atomic mass is 16.7. The SMILES string of the molecule is CCNNOCCOC. The van der Waals surface area contributed by atoms with Gasteiger partial charge in [-0.25, -0.2) is 5.43 Å². The van der Waals surface area contributed by atoms with Crippen LogP contribution in [0.3, 0.4) is 0 Å². The van der Waals surface area contributed by atoms with E-state index in [1.54, 1.807) is 7.11 Å². The third kappa shape index (κ3) is 7.84. The van der Waals surface area contributed by atoms with Crippen molar-refractivity contribution in [1.29, 1.82) is 0 Å². The summed E-state index contributed by atoms with van der Waals surface area (Å²) in [4.78, 5) is 4.83. The van der Waals surface area contributed by atoms with Gasteiger partial charge in [0.15, 0.2) is 0 Å². The summed E-state index contributed by atoms with van der Waals surface area (Å²) in [5.74, 6) is 0. The molecule has 0 aromatic rings. The van der Waals surface area contributed by atoms with Gasteiger partial charge in [-0.15, -0.1) is 5.59 Å². The first-order valence-electron chi connectivity index (χ1n) is 3.00. The van der Waals surface area contributed by atoms with Gasteiger partial charge in [0.1, 0.15) is 0 Å². The molecule has 0 aliphatic heterocycles. The summed E-state index contributed by atoms with van der Waals surface area (Å²) >= 11 is 0. The van der Waals surface area contributed by atoms with E-state index in [1.807, 2.05) is 6.92 Å². The van der Waals surface area contributed by atoms with Gasteiger partial charge >= 0.3 is 0 Å². The molecule has 4 heteroatoms. The van der Waals surface area contributed by atoms with Crippen molar-refractivity contribution < 1.29 is 9.57 Å². The van der Waals surface area contributed by atoms with Crippen molar-refractivity contribution >= 4 is 0 Å². The van der Waals surface area contributed by atoms with Gasteiger partial charge in [-0.05, 0) is 0 Å². The number of ether oxygens (including phenoxy) is 1. The van der Waals surface area contributed by atoms with Gasteiger partial charge in [0, 0.05) is 13.7 Å². The summed E-state index contributed by atoms with van der Waals surface area (Å²) in [6.07, 6.45) is 0. The lowest BCUT2D eigenvalue weighted by Crippen LogP contribution is -2.32. The maximum absolute atomic E-state index is 4.83. The van der Waals surface area contributed by atoms with Crippen molar-refractivity contribution in [1.82, 2.24) is 11.0 Å². The fourth-order valence-corrected chi connectivity index (χ4v) is 0.299. The third-order valence-corrected chi connectivity index (χ3v) is 0.711. The Morgan fingerprint density at radius 3 is 2.67 bits per heavy atom. The Morgan fingerprint density at radius 1 is 1.33 bits per heavy atom. The second-order valence-corrected chi connectivity index (χ2v) is 1.47. The standard InChI is InChI=1S/C5H14N2O2/c1-3-6-7-9-5-4-8-2/h6-7H,3-5H2,1-2H3. The summed E-state index contributed by atoms with van der Waals surface area (Å²) in [6.45, 7) is 3.99. The molecule has 0 radical (unpaired) electrons. The molecule has 2 N–H and O–H groups in total. The fourth-order valence-electron chi connectivity index (χ4n) is 0.299. The highest BCUT2D eigenvalue weighted by molar-refractivity contribution is 4.21. The lowest BCUT2D eigenvalue weighted by Gasteiger charge is -2.03. The number of rotatable bonds is 6. The lowest BCUT2D eigenvalue weighted by atomic mass is 10.8. The molecule has 0 bridgehead atoms. The first kappa shape index (κ1) is 8.84. The summed E-state index contributed by atoms with van der Waals surface area (Å²) in [6, 6.07) is 0. The van der Waals surface area contributed by atoms with Crippen LogP contribution in [0.2, 0.25) is 0 Å². The zero-order valence-corrected chi connectivity index (χ0v) is 5.94. The minimum atomic E-state index is 0.559. The van der Waals surface area contributed by atoms with Crippen LogP contribution in [-0.4, -0.2) is 26.9 Å². The van der Waals surface area contributed by atoms with E-state index in [0.29, 0.717) is 13.2 Å². The lowest BCUT2D eigenvalue weighted by molar-refractivity contribution is -0.0152. The van der Waals surface area contributed by atoms with Crippen molar-refractivity contribution in [3.63, 3.8) is 0 Å². The molecular weight excluding hydrogens is 120 g/mol. The van der Waals surface area contributed by atoms with Gasteiger partial charge in [-0.1, -0.05) is 6.92 Å². The molecule has 0 rings (SSSR count). The largest absolute Gasteiger partial charge is 0.382 e. The maximum atomic E-state index is 4.83. The highest BCUT2D eigenvalue weighted by Crippen LogP contribution is 1.66. The van der Waals surface area contributed by atoms with Crippen LogP contribution in [0.5, 0.6) is 0 Å². The molecule has 0 fully saturated rings. The Balaban J connectivity index is 2.60. The first-order chi connectivity index (χ1) is 4.41. The van der Waals surface area contributed by atoms with Crippen LogP contribution in [-0.2, 0) is 9.57 Å². The van der Waals surface area contributed by atoms with Gasteiger partial charge in [-0.3, -0.25) is 4.84 Å². The van der Waals surface area contributed by atoms with E-state index in [0.717, 1.165) is 6.54 Å². The average Bonchev–Trinajstić information content (AvgIpc) is 1.89. The topological polar surface area (TPSA) is 42.5 Å². The zero-order chi connectivity index (χ0) is 6.95. The number of nitrogens with one attached hydrogen (secondary N) is 2. The Labute approximate surface area is 55.5 Å². The number of hydrogen-bond acceptors (Lipinski definition) is 4. The zero-order valence-electron chi connectivity index (χ0n) is 5.94. The molecule has 0 amide bonds. The van der Waals surface area contributed by atoms with Crippen LogP contribution < -0.4 is 11.0 Å². The van der Waals surface area contributed by atoms with Crippen LogP contribution in [0.25, 0.3) is 0 Å². The molecule has 0 heterocycles. The Hall–Kier alpha value is -0.160. The molecule has 0 aliphatic carbocycles. The molecule has 0 aromatic heterocycles. The van der Waals surface area contributed by atoms with Crippen LogP contribution in [0, 0.1) is 0 Å². The first-order valence-corrected chi connectivity index (χ1v) is 3.00. The second-order valence-electron chi connectivity index (χ2n) is 1.47. The molecule has 4 nitrogen and oxygen atoms in total. The molecule has 9 heavy (non-hydrogen) atoms. The summed E-state index contributed by atoms with van der Waals surface area (Å²) in [7, 11) is 1.64. The second kappa shape index (κ2) is 7.84. The van der Waals surface area contributed by atoms with E-state index in [9.17, 15) is 0 Å². The van der Waals surface area contributed by atoms with Gasteiger partial charge < -0.3 is 4.74 Å². The molecule has 0 aliphatic rings. The molecule has 0 unspecified atom stereocenters. The van der Waals surface area contributed by atoms with Crippen molar-refractivity contribution in [2.45, 2.75) is 6.92 Å². The smallest absolute Gasteiger partial charge is 0.0932 e. The molecule has 0 aromatic carbocycles. The third-order valence-electron chi connectivity index (χ3n) is 0.711. The van der Waals surface area contributed by atoms with Crippen LogP contribution in [0.15, 0.2) is 0 Å². The summed E-state index contributed by atoms with van der Waals surface area (Å²) < 4.78 is 4.73. The molecule has 56 valence electrons. The van der Waals surface area contributed by atoms with E-state index >= 15 is 0 Å². The van der Waals surface area contributed by atoms with Crippen LogP contribution in [0.4, 0.5) is 0 Å². The predicted octanol–water partition coefficient (Wildman–Crippen LogP) is -0.322.